The maximum Gasteiger partial charge on any atom is 0.191 e. The van der Waals surface area contributed by atoms with Crippen molar-refractivity contribution in [3.05, 3.63) is 59.1 Å². The minimum absolute atomic E-state index is 0.516. The summed E-state index contributed by atoms with van der Waals surface area (Å²) in [5.41, 5.74) is 2.34. The topological polar surface area (TPSA) is 62.2 Å². The van der Waals surface area contributed by atoms with E-state index in [0.717, 1.165) is 37.5 Å². The van der Waals surface area contributed by atoms with E-state index in [2.05, 4.69) is 38.6 Å². The number of nitrogens with zero attached hydrogens (tertiary/aromatic N) is 3. The van der Waals surface area contributed by atoms with Crippen molar-refractivity contribution in [2.75, 3.05) is 19.6 Å². The predicted octanol–water partition coefficient (Wildman–Crippen LogP) is 2.47. The van der Waals surface area contributed by atoms with Crippen LogP contribution in [0.3, 0.4) is 0 Å². The smallest absolute Gasteiger partial charge is 0.191 e. The van der Waals surface area contributed by atoms with E-state index in [1.165, 1.54) is 5.56 Å². The molecule has 0 spiro atoms. The lowest BCUT2D eigenvalue weighted by Gasteiger charge is -2.11. The van der Waals surface area contributed by atoms with Crippen LogP contribution in [-0.2, 0) is 12.8 Å². The Bertz CT molecular complexity index is 598. The molecule has 122 valence electrons. The minimum Gasteiger partial charge on any atom is -0.357 e. The molecule has 0 amide bonds. The fraction of sp³-hybridized carbons (Fsp3) is 0.353. The lowest BCUT2D eigenvalue weighted by molar-refractivity contribution is 0.795. The van der Waals surface area contributed by atoms with Gasteiger partial charge in [-0.3, -0.25) is 9.98 Å². The van der Waals surface area contributed by atoms with E-state index in [9.17, 15) is 0 Å². The van der Waals surface area contributed by atoms with Gasteiger partial charge in [0, 0.05) is 38.2 Å². The molecule has 2 aromatic rings. The van der Waals surface area contributed by atoms with Crippen LogP contribution in [0.15, 0.2) is 47.8 Å². The van der Waals surface area contributed by atoms with Crippen LogP contribution >= 0.6 is 11.6 Å². The highest BCUT2D eigenvalue weighted by atomic mass is 35.5. The van der Waals surface area contributed by atoms with Crippen molar-refractivity contribution in [3.63, 3.8) is 0 Å². The van der Waals surface area contributed by atoms with Crippen molar-refractivity contribution in [2.45, 2.75) is 19.8 Å². The Balaban J connectivity index is 1.78. The molecule has 0 fully saturated rings. The number of halogens is 1. The lowest BCUT2D eigenvalue weighted by atomic mass is 10.2. The van der Waals surface area contributed by atoms with E-state index in [1.54, 1.807) is 18.5 Å². The summed E-state index contributed by atoms with van der Waals surface area (Å²) in [5.74, 6) is 0.832. The maximum atomic E-state index is 5.78. The number of nitrogens with one attached hydrogen (secondary N) is 2. The summed E-state index contributed by atoms with van der Waals surface area (Å²) >= 11 is 5.78. The average molecular weight is 332 g/mol. The van der Waals surface area contributed by atoms with Crippen molar-refractivity contribution in [1.29, 1.82) is 0 Å². The first kappa shape index (κ1) is 17.2. The number of guanidine groups is 1. The number of aliphatic imine (C=N–C) groups is 1. The van der Waals surface area contributed by atoms with Crippen molar-refractivity contribution in [3.8, 4) is 0 Å². The minimum atomic E-state index is 0.516. The molecule has 0 saturated heterocycles. The van der Waals surface area contributed by atoms with Gasteiger partial charge in [-0.25, -0.2) is 4.98 Å². The van der Waals surface area contributed by atoms with Crippen molar-refractivity contribution >= 4 is 17.6 Å². The van der Waals surface area contributed by atoms with E-state index in [1.807, 2.05) is 18.3 Å². The summed E-state index contributed by atoms with van der Waals surface area (Å²) in [6.45, 7) is 4.41. The summed E-state index contributed by atoms with van der Waals surface area (Å²) < 4.78 is 0. The zero-order valence-electron chi connectivity index (χ0n) is 13.3. The molecule has 0 aromatic carbocycles. The maximum absolute atomic E-state index is 5.78. The second-order valence-electron chi connectivity index (χ2n) is 5.04. The van der Waals surface area contributed by atoms with Crippen LogP contribution in [-0.4, -0.2) is 35.6 Å². The second kappa shape index (κ2) is 9.79. The number of rotatable bonds is 7. The molecular weight excluding hydrogens is 310 g/mol. The Labute approximate surface area is 142 Å². The van der Waals surface area contributed by atoms with Gasteiger partial charge in [-0.15, -0.1) is 0 Å². The van der Waals surface area contributed by atoms with Gasteiger partial charge >= 0.3 is 0 Å². The molecule has 0 aliphatic rings. The third-order valence-corrected chi connectivity index (χ3v) is 3.46. The number of pyridine rings is 2. The monoisotopic (exact) mass is 331 g/mol. The first-order valence-corrected chi connectivity index (χ1v) is 8.17. The molecule has 2 heterocycles. The molecule has 2 N–H and O–H groups in total. The Hall–Kier alpha value is -2.14. The van der Waals surface area contributed by atoms with Gasteiger partial charge in [-0.05, 0) is 43.0 Å². The van der Waals surface area contributed by atoms with Gasteiger partial charge in [0.2, 0.25) is 0 Å². The van der Waals surface area contributed by atoms with Crippen LogP contribution in [0.25, 0.3) is 0 Å². The molecule has 6 heteroatoms. The van der Waals surface area contributed by atoms with E-state index >= 15 is 0 Å². The Morgan fingerprint density at radius 2 is 2.00 bits per heavy atom. The van der Waals surface area contributed by atoms with Crippen molar-refractivity contribution in [2.24, 2.45) is 4.99 Å². The fourth-order valence-corrected chi connectivity index (χ4v) is 2.18. The van der Waals surface area contributed by atoms with Gasteiger partial charge in [0.15, 0.2) is 5.96 Å². The van der Waals surface area contributed by atoms with Crippen LogP contribution in [0.2, 0.25) is 5.15 Å². The first-order chi connectivity index (χ1) is 11.3. The van der Waals surface area contributed by atoms with Crippen LogP contribution < -0.4 is 10.6 Å². The predicted molar refractivity (Wildman–Crippen MR) is 94.9 cm³/mol. The fourth-order valence-electron chi connectivity index (χ4n) is 2.06. The third kappa shape index (κ3) is 6.65. The third-order valence-electron chi connectivity index (χ3n) is 3.23. The summed E-state index contributed by atoms with van der Waals surface area (Å²) in [6.07, 6.45) is 7.22. The van der Waals surface area contributed by atoms with Gasteiger partial charge in [0.05, 0.1) is 0 Å². The molecule has 0 aliphatic carbocycles. The van der Waals surface area contributed by atoms with E-state index in [4.69, 9.17) is 11.6 Å². The van der Waals surface area contributed by atoms with E-state index in [-0.39, 0.29) is 0 Å². The van der Waals surface area contributed by atoms with Gasteiger partial charge in [0.25, 0.3) is 0 Å². The Morgan fingerprint density at radius 1 is 1.13 bits per heavy atom. The molecule has 0 saturated carbocycles. The zero-order valence-corrected chi connectivity index (χ0v) is 14.1. The largest absolute Gasteiger partial charge is 0.357 e. The van der Waals surface area contributed by atoms with Gasteiger partial charge in [0.1, 0.15) is 5.15 Å². The van der Waals surface area contributed by atoms with Gasteiger partial charge in [-0.2, -0.15) is 0 Å². The van der Waals surface area contributed by atoms with Gasteiger partial charge in [-0.1, -0.05) is 23.7 Å². The van der Waals surface area contributed by atoms with Crippen LogP contribution in [0.1, 0.15) is 18.1 Å². The van der Waals surface area contributed by atoms with E-state index < -0.39 is 0 Å². The van der Waals surface area contributed by atoms with E-state index in [0.29, 0.717) is 11.7 Å². The standard InChI is InChI=1S/C17H22ClN5/c1-2-20-17(21-10-7-14-4-3-9-19-12-14)22-11-8-15-5-6-16(18)23-13-15/h3-6,9,12-13H,2,7-8,10-11H2,1H3,(H2,20,21,22). The zero-order chi connectivity index (χ0) is 16.3. The number of hydrogen-bond donors (Lipinski definition) is 2. The van der Waals surface area contributed by atoms with Crippen LogP contribution in [0, 0.1) is 0 Å². The highest BCUT2D eigenvalue weighted by molar-refractivity contribution is 6.29. The molecule has 23 heavy (non-hydrogen) atoms. The quantitative estimate of drug-likeness (QED) is 0.465. The second-order valence-corrected chi connectivity index (χ2v) is 5.43. The molecular formula is C17H22ClN5. The molecule has 2 rings (SSSR count). The highest BCUT2D eigenvalue weighted by Crippen LogP contribution is 2.05. The SMILES string of the molecule is CCNC(=NCCc1ccc(Cl)nc1)NCCc1cccnc1. The molecule has 0 unspecified atom stereocenters. The molecule has 0 bridgehead atoms. The lowest BCUT2D eigenvalue weighted by Crippen LogP contribution is -2.38. The normalized spacial score (nSPS) is 11.3. The molecule has 5 nitrogen and oxygen atoms in total. The molecule has 0 radical (unpaired) electrons. The first-order valence-electron chi connectivity index (χ1n) is 7.79. The number of hydrogen-bond acceptors (Lipinski definition) is 3. The molecule has 0 atom stereocenters. The van der Waals surface area contributed by atoms with Gasteiger partial charge < -0.3 is 10.6 Å². The summed E-state index contributed by atoms with van der Waals surface area (Å²) in [5, 5.41) is 7.11. The summed E-state index contributed by atoms with van der Waals surface area (Å²) in [6, 6.07) is 7.81. The molecule has 0 aliphatic heterocycles. The highest BCUT2D eigenvalue weighted by Gasteiger charge is 1.99. The average Bonchev–Trinajstić information content (AvgIpc) is 2.58. The molecule has 2 aromatic heterocycles. The summed E-state index contributed by atoms with van der Waals surface area (Å²) in [4.78, 5) is 12.8. The number of aromatic nitrogens is 2. The van der Waals surface area contributed by atoms with Crippen LogP contribution in [0.5, 0.6) is 0 Å². The Kier molecular flexibility index (Phi) is 7.33. The Morgan fingerprint density at radius 3 is 2.70 bits per heavy atom. The summed E-state index contributed by atoms with van der Waals surface area (Å²) in [7, 11) is 0. The van der Waals surface area contributed by atoms with Crippen molar-refractivity contribution < 1.29 is 0 Å². The van der Waals surface area contributed by atoms with Crippen LogP contribution in [0.4, 0.5) is 0 Å². The van der Waals surface area contributed by atoms with Crippen molar-refractivity contribution in [1.82, 2.24) is 20.6 Å².